The van der Waals surface area contributed by atoms with Gasteiger partial charge in [-0.25, -0.2) is 0 Å². The lowest BCUT2D eigenvalue weighted by Crippen LogP contribution is -2.30. The van der Waals surface area contributed by atoms with Crippen LogP contribution in [0.3, 0.4) is 0 Å². The summed E-state index contributed by atoms with van der Waals surface area (Å²) in [7, 11) is 0. The molecule has 0 bridgehead atoms. The van der Waals surface area contributed by atoms with Crippen molar-refractivity contribution < 1.29 is 23.8 Å². The number of hydrogen-bond acceptors (Lipinski definition) is 5. The van der Waals surface area contributed by atoms with Crippen molar-refractivity contribution in [3.05, 3.63) is 24.3 Å². The van der Waals surface area contributed by atoms with Crippen molar-refractivity contribution in [3.63, 3.8) is 0 Å². The van der Waals surface area contributed by atoms with E-state index < -0.39 is 6.10 Å². The van der Waals surface area contributed by atoms with Gasteiger partial charge in [-0.15, -0.1) is 0 Å². The Morgan fingerprint density at radius 2 is 0.778 bits per heavy atom. The molecule has 0 aromatic carbocycles. The molecule has 1 atom stereocenters. The Morgan fingerprint density at radius 3 is 1.26 bits per heavy atom. The van der Waals surface area contributed by atoms with Gasteiger partial charge in [0.2, 0.25) is 0 Å². The molecule has 5 nitrogen and oxygen atoms in total. The maximum absolute atomic E-state index is 12.7. The van der Waals surface area contributed by atoms with Crippen LogP contribution >= 0.6 is 0 Å². The Morgan fingerprint density at radius 1 is 0.407 bits per heavy atom. The van der Waals surface area contributed by atoms with E-state index in [1.165, 1.54) is 173 Å². The number of hydrogen-bond donors (Lipinski definition) is 0. The first-order valence-corrected chi connectivity index (χ1v) is 23.9. The number of carbonyl (C=O) groups excluding carboxylic acids is 2. The fourth-order valence-corrected chi connectivity index (χ4v) is 6.89. The van der Waals surface area contributed by atoms with Crippen LogP contribution in [-0.2, 0) is 23.8 Å². The van der Waals surface area contributed by atoms with E-state index in [0.29, 0.717) is 26.1 Å². The zero-order valence-electron chi connectivity index (χ0n) is 36.5. The van der Waals surface area contributed by atoms with Crippen molar-refractivity contribution in [2.24, 2.45) is 0 Å². The normalized spacial score (nSPS) is 12.3. The number of ether oxygens (including phenoxy) is 3. The molecular formula is C49H92O5. The van der Waals surface area contributed by atoms with E-state index in [4.69, 9.17) is 14.2 Å². The van der Waals surface area contributed by atoms with Crippen LogP contribution in [0.5, 0.6) is 0 Å². The first-order chi connectivity index (χ1) is 26.6. The van der Waals surface area contributed by atoms with Gasteiger partial charge < -0.3 is 14.2 Å². The molecule has 318 valence electrons. The van der Waals surface area contributed by atoms with E-state index >= 15 is 0 Å². The highest BCUT2D eigenvalue weighted by Crippen LogP contribution is 2.15. The molecule has 0 rings (SSSR count). The lowest BCUT2D eigenvalue weighted by molar-refractivity contribution is -0.163. The zero-order chi connectivity index (χ0) is 39.3. The van der Waals surface area contributed by atoms with Gasteiger partial charge in [0.05, 0.1) is 6.61 Å². The topological polar surface area (TPSA) is 61.8 Å². The SMILES string of the molecule is CCCCC/C=C\C/C=C\CCCCCCCCCCOCC(COC(=O)CCCCCCCCCCCCC)OC(=O)CCCCCCCCCCC. The van der Waals surface area contributed by atoms with Crippen molar-refractivity contribution in [1.82, 2.24) is 0 Å². The third kappa shape index (κ3) is 43.1. The standard InChI is InChI=1S/C49H92O5/c1-4-7-10-13-16-19-21-22-23-24-25-26-27-29-32-35-38-41-44-52-45-47(54-49(51)43-40-37-34-30-18-15-12-9-6-3)46-53-48(50)42-39-36-33-31-28-20-17-14-11-8-5-2/h16,19,22-23,47H,4-15,17-18,20-21,24-46H2,1-3H3/b19-16-,23-22-. The molecule has 5 heteroatoms. The molecule has 0 saturated heterocycles. The van der Waals surface area contributed by atoms with Gasteiger partial charge in [-0.2, -0.15) is 0 Å². The summed E-state index contributed by atoms with van der Waals surface area (Å²) in [6.07, 6.45) is 51.8. The lowest BCUT2D eigenvalue weighted by atomic mass is 10.1. The third-order valence-electron chi connectivity index (χ3n) is 10.5. The minimum Gasteiger partial charge on any atom is -0.462 e. The van der Waals surface area contributed by atoms with Crippen molar-refractivity contribution in [2.45, 2.75) is 258 Å². The van der Waals surface area contributed by atoms with Crippen molar-refractivity contribution in [2.75, 3.05) is 19.8 Å². The average molecular weight is 761 g/mol. The highest BCUT2D eigenvalue weighted by Gasteiger charge is 2.17. The van der Waals surface area contributed by atoms with Gasteiger partial charge in [0.15, 0.2) is 6.10 Å². The summed E-state index contributed by atoms with van der Waals surface area (Å²) in [6.45, 7) is 7.80. The Hall–Kier alpha value is -1.62. The minimum absolute atomic E-state index is 0.0896. The van der Waals surface area contributed by atoms with Gasteiger partial charge >= 0.3 is 11.9 Å². The molecule has 0 amide bonds. The maximum Gasteiger partial charge on any atom is 0.306 e. The van der Waals surface area contributed by atoms with E-state index in [2.05, 4.69) is 45.1 Å². The molecule has 0 fully saturated rings. The number of unbranched alkanes of at least 4 members (excludes halogenated alkanes) is 29. The summed E-state index contributed by atoms with van der Waals surface area (Å²) in [5.74, 6) is -0.391. The van der Waals surface area contributed by atoms with Gasteiger partial charge in [0, 0.05) is 19.4 Å². The summed E-state index contributed by atoms with van der Waals surface area (Å²) in [4.78, 5) is 25.2. The summed E-state index contributed by atoms with van der Waals surface area (Å²) in [5.41, 5.74) is 0. The second-order valence-corrected chi connectivity index (χ2v) is 16.0. The van der Waals surface area contributed by atoms with E-state index in [-0.39, 0.29) is 18.5 Å². The average Bonchev–Trinajstić information content (AvgIpc) is 3.17. The first kappa shape index (κ1) is 52.4. The molecule has 0 spiro atoms. The van der Waals surface area contributed by atoms with Crippen LogP contribution < -0.4 is 0 Å². The van der Waals surface area contributed by atoms with Crippen LogP contribution in [-0.4, -0.2) is 37.9 Å². The largest absolute Gasteiger partial charge is 0.462 e. The summed E-state index contributed by atoms with van der Waals surface area (Å²) < 4.78 is 17.3. The number of allylic oxidation sites excluding steroid dienone is 4. The van der Waals surface area contributed by atoms with E-state index in [1.54, 1.807) is 0 Å². The minimum atomic E-state index is -0.529. The fourth-order valence-electron chi connectivity index (χ4n) is 6.89. The van der Waals surface area contributed by atoms with Crippen molar-refractivity contribution in [3.8, 4) is 0 Å². The summed E-state index contributed by atoms with van der Waals surface area (Å²) in [6, 6.07) is 0. The van der Waals surface area contributed by atoms with Crippen LogP contribution in [0, 0.1) is 0 Å². The quantitative estimate of drug-likeness (QED) is 0.0352. The molecular weight excluding hydrogens is 669 g/mol. The van der Waals surface area contributed by atoms with Crippen molar-refractivity contribution in [1.29, 1.82) is 0 Å². The molecule has 0 heterocycles. The number of esters is 2. The molecule has 0 aliphatic rings. The molecule has 0 aliphatic heterocycles. The molecule has 0 aliphatic carbocycles. The second kappa shape index (κ2) is 45.8. The van der Waals surface area contributed by atoms with Gasteiger partial charge in [-0.3, -0.25) is 9.59 Å². The molecule has 0 radical (unpaired) electrons. The third-order valence-corrected chi connectivity index (χ3v) is 10.5. The summed E-state index contributed by atoms with van der Waals surface area (Å²) >= 11 is 0. The van der Waals surface area contributed by atoms with E-state index in [1.807, 2.05) is 0 Å². The Kier molecular flexibility index (Phi) is 44.4. The predicted octanol–water partition coefficient (Wildman–Crippen LogP) is 15.7. The number of carbonyl (C=O) groups is 2. The molecule has 0 N–H and O–H groups in total. The van der Waals surface area contributed by atoms with E-state index in [9.17, 15) is 9.59 Å². The van der Waals surface area contributed by atoms with Crippen LogP contribution in [0.4, 0.5) is 0 Å². The van der Waals surface area contributed by atoms with Gasteiger partial charge in [0.1, 0.15) is 6.61 Å². The van der Waals surface area contributed by atoms with Crippen LogP contribution in [0.15, 0.2) is 24.3 Å². The van der Waals surface area contributed by atoms with Gasteiger partial charge in [-0.1, -0.05) is 212 Å². The predicted molar refractivity (Wildman–Crippen MR) is 233 cm³/mol. The summed E-state index contributed by atoms with van der Waals surface area (Å²) in [5, 5.41) is 0. The lowest BCUT2D eigenvalue weighted by Gasteiger charge is -2.18. The maximum atomic E-state index is 12.7. The van der Waals surface area contributed by atoms with Crippen LogP contribution in [0.25, 0.3) is 0 Å². The molecule has 54 heavy (non-hydrogen) atoms. The first-order valence-electron chi connectivity index (χ1n) is 23.9. The fraction of sp³-hybridized carbons (Fsp3) is 0.878. The Balaban J connectivity index is 4.16. The molecule has 0 aromatic rings. The number of rotatable bonds is 44. The van der Waals surface area contributed by atoms with Crippen LogP contribution in [0.2, 0.25) is 0 Å². The molecule has 1 unspecified atom stereocenters. The monoisotopic (exact) mass is 761 g/mol. The van der Waals surface area contributed by atoms with Gasteiger partial charge in [0.25, 0.3) is 0 Å². The van der Waals surface area contributed by atoms with Crippen LogP contribution in [0.1, 0.15) is 252 Å². The highest BCUT2D eigenvalue weighted by molar-refractivity contribution is 5.70. The van der Waals surface area contributed by atoms with E-state index in [0.717, 1.165) is 44.9 Å². The second-order valence-electron chi connectivity index (χ2n) is 16.0. The van der Waals surface area contributed by atoms with Crippen molar-refractivity contribution >= 4 is 11.9 Å². The zero-order valence-corrected chi connectivity index (χ0v) is 36.5. The Labute approximate surface area is 337 Å². The molecule has 0 saturated carbocycles. The highest BCUT2D eigenvalue weighted by atomic mass is 16.6. The Bertz CT molecular complexity index is 821. The van der Waals surface area contributed by atoms with Gasteiger partial charge in [-0.05, 0) is 51.4 Å². The smallest absolute Gasteiger partial charge is 0.306 e. The molecule has 0 aromatic heterocycles.